The molecule has 0 unspecified atom stereocenters. The highest BCUT2D eigenvalue weighted by Crippen LogP contribution is 2.22. The molecule has 0 atom stereocenters. The van der Waals surface area contributed by atoms with E-state index in [-0.39, 0.29) is 4.90 Å². The third kappa shape index (κ3) is 4.76. The summed E-state index contributed by atoms with van der Waals surface area (Å²) in [6.07, 6.45) is 1.71. The third-order valence-electron chi connectivity index (χ3n) is 3.33. The Hall–Kier alpha value is -0.980. The molecule has 0 aliphatic heterocycles. The maximum absolute atomic E-state index is 13.5. The van der Waals surface area contributed by atoms with Crippen molar-refractivity contribution in [3.63, 3.8) is 0 Å². The van der Waals surface area contributed by atoms with Gasteiger partial charge in [0.2, 0.25) is 10.0 Å². The van der Waals surface area contributed by atoms with Crippen molar-refractivity contribution in [2.45, 2.75) is 45.1 Å². The number of sulfonamides is 1. The molecule has 120 valence electrons. The highest BCUT2D eigenvalue weighted by Gasteiger charge is 2.25. The van der Waals surface area contributed by atoms with Gasteiger partial charge in [0, 0.05) is 19.6 Å². The lowest BCUT2D eigenvalue weighted by Gasteiger charge is -2.22. The van der Waals surface area contributed by atoms with Crippen LogP contribution in [-0.2, 0) is 16.6 Å². The van der Waals surface area contributed by atoms with E-state index in [0.717, 1.165) is 25.5 Å². The average molecular weight is 316 g/mol. The van der Waals surface area contributed by atoms with Gasteiger partial charge in [-0.1, -0.05) is 33.3 Å². The van der Waals surface area contributed by atoms with Gasteiger partial charge >= 0.3 is 0 Å². The molecule has 0 saturated heterocycles. The molecule has 1 rings (SSSR count). The Labute approximate surface area is 127 Å². The zero-order chi connectivity index (χ0) is 15.9. The monoisotopic (exact) mass is 316 g/mol. The molecule has 0 aromatic heterocycles. The van der Waals surface area contributed by atoms with E-state index in [2.05, 4.69) is 5.32 Å². The average Bonchev–Trinajstić information content (AvgIpc) is 2.46. The largest absolute Gasteiger partial charge is 0.313 e. The number of nitrogens with one attached hydrogen (secondary N) is 1. The summed E-state index contributed by atoms with van der Waals surface area (Å²) in [7, 11) is -3.65. The summed E-state index contributed by atoms with van der Waals surface area (Å²) in [4.78, 5) is 0.0707. The van der Waals surface area contributed by atoms with Gasteiger partial charge in [-0.2, -0.15) is 4.31 Å². The molecule has 21 heavy (non-hydrogen) atoms. The summed E-state index contributed by atoms with van der Waals surface area (Å²) in [6.45, 7) is 7.75. The zero-order valence-electron chi connectivity index (χ0n) is 13.0. The minimum Gasteiger partial charge on any atom is -0.313 e. The van der Waals surface area contributed by atoms with Gasteiger partial charge in [-0.15, -0.1) is 0 Å². The standard InChI is InChI=1S/C15H25FN2O2S/c1-4-7-10-18(6-3)21(19,20)15-11-14(16)9-8-13(15)12-17-5-2/h8-9,11,17H,4-7,10,12H2,1-3H3. The second-order valence-corrected chi connectivity index (χ2v) is 6.79. The van der Waals surface area contributed by atoms with E-state index in [0.29, 0.717) is 25.2 Å². The van der Waals surface area contributed by atoms with Crippen molar-refractivity contribution >= 4 is 10.0 Å². The topological polar surface area (TPSA) is 49.4 Å². The van der Waals surface area contributed by atoms with Crippen molar-refractivity contribution in [3.8, 4) is 0 Å². The summed E-state index contributed by atoms with van der Waals surface area (Å²) in [5.74, 6) is -0.527. The molecule has 0 saturated carbocycles. The van der Waals surface area contributed by atoms with Crippen molar-refractivity contribution in [1.82, 2.24) is 9.62 Å². The molecular weight excluding hydrogens is 291 g/mol. The van der Waals surface area contributed by atoms with Gasteiger partial charge in [0.1, 0.15) is 5.82 Å². The van der Waals surface area contributed by atoms with Gasteiger partial charge in [-0.3, -0.25) is 0 Å². The van der Waals surface area contributed by atoms with Gasteiger partial charge in [-0.05, 0) is 30.7 Å². The molecule has 0 radical (unpaired) electrons. The molecular formula is C15H25FN2O2S. The predicted molar refractivity (Wildman–Crippen MR) is 83.1 cm³/mol. The molecule has 4 nitrogen and oxygen atoms in total. The van der Waals surface area contributed by atoms with Crippen molar-refractivity contribution in [3.05, 3.63) is 29.6 Å². The van der Waals surface area contributed by atoms with Crippen LogP contribution in [0.15, 0.2) is 23.1 Å². The van der Waals surface area contributed by atoms with Gasteiger partial charge < -0.3 is 5.32 Å². The van der Waals surface area contributed by atoms with Crippen molar-refractivity contribution in [2.75, 3.05) is 19.6 Å². The van der Waals surface area contributed by atoms with Crippen LogP contribution < -0.4 is 5.32 Å². The minimum atomic E-state index is -3.65. The molecule has 6 heteroatoms. The maximum atomic E-state index is 13.5. The fraction of sp³-hybridized carbons (Fsp3) is 0.600. The molecule has 0 aliphatic rings. The number of rotatable bonds is 9. The van der Waals surface area contributed by atoms with E-state index < -0.39 is 15.8 Å². The van der Waals surface area contributed by atoms with Crippen LogP contribution in [0.3, 0.4) is 0 Å². The number of halogens is 1. The molecule has 1 N–H and O–H groups in total. The Morgan fingerprint density at radius 1 is 1.24 bits per heavy atom. The van der Waals surface area contributed by atoms with Crippen LogP contribution in [0.2, 0.25) is 0 Å². The molecule has 0 amide bonds. The number of benzene rings is 1. The van der Waals surface area contributed by atoms with Gasteiger partial charge in [0.15, 0.2) is 0 Å². The second kappa shape index (κ2) is 8.46. The highest BCUT2D eigenvalue weighted by atomic mass is 32.2. The molecule has 0 bridgehead atoms. The summed E-state index contributed by atoms with van der Waals surface area (Å²) in [5, 5.41) is 3.09. The Morgan fingerprint density at radius 3 is 2.52 bits per heavy atom. The normalized spacial score (nSPS) is 12.0. The number of hydrogen-bond acceptors (Lipinski definition) is 3. The predicted octanol–water partition coefficient (Wildman–Crippen LogP) is 2.75. The van der Waals surface area contributed by atoms with Crippen LogP contribution in [0.1, 0.15) is 39.2 Å². The van der Waals surface area contributed by atoms with Crippen LogP contribution in [-0.4, -0.2) is 32.4 Å². The molecule has 1 aromatic rings. The Morgan fingerprint density at radius 2 is 1.95 bits per heavy atom. The van der Waals surface area contributed by atoms with Crippen LogP contribution in [0.4, 0.5) is 4.39 Å². The van der Waals surface area contributed by atoms with Crippen molar-refractivity contribution in [1.29, 1.82) is 0 Å². The first-order chi connectivity index (χ1) is 9.97. The van der Waals surface area contributed by atoms with Crippen LogP contribution in [0.5, 0.6) is 0 Å². The summed E-state index contributed by atoms with van der Waals surface area (Å²) < 4.78 is 40.4. The first kappa shape index (κ1) is 18.1. The fourth-order valence-electron chi connectivity index (χ4n) is 2.10. The summed E-state index contributed by atoms with van der Waals surface area (Å²) >= 11 is 0. The van der Waals surface area contributed by atoms with Gasteiger partial charge in [0.25, 0.3) is 0 Å². The Kier molecular flexibility index (Phi) is 7.28. The molecule has 0 heterocycles. The van der Waals surface area contributed by atoms with E-state index in [9.17, 15) is 12.8 Å². The second-order valence-electron chi connectivity index (χ2n) is 4.88. The SMILES string of the molecule is CCCCN(CC)S(=O)(=O)c1cc(F)ccc1CNCC. The lowest BCUT2D eigenvalue weighted by Crippen LogP contribution is -2.33. The van der Waals surface area contributed by atoms with Crippen LogP contribution >= 0.6 is 0 Å². The summed E-state index contributed by atoms with van der Waals surface area (Å²) in [5.41, 5.74) is 0.605. The lowest BCUT2D eigenvalue weighted by molar-refractivity contribution is 0.417. The molecule has 1 aromatic carbocycles. The Bertz CT molecular complexity index is 547. The number of hydrogen-bond donors (Lipinski definition) is 1. The van der Waals surface area contributed by atoms with Crippen molar-refractivity contribution < 1.29 is 12.8 Å². The van der Waals surface area contributed by atoms with E-state index in [1.807, 2.05) is 13.8 Å². The third-order valence-corrected chi connectivity index (χ3v) is 5.38. The molecule has 0 spiro atoms. The Balaban J connectivity index is 3.18. The zero-order valence-corrected chi connectivity index (χ0v) is 13.8. The number of nitrogens with zero attached hydrogens (tertiary/aromatic N) is 1. The summed E-state index contributed by atoms with van der Waals surface area (Å²) in [6, 6.07) is 3.96. The maximum Gasteiger partial charge on any atom is 0.243 e. The minimum absolute atomic E-state index is 0.0707. The number of unbranched alkanes of at least 4 members (excludes halogenated alkanes) is 1. The first-order valence-electron chi connectivity index (χ1n) is 7.46. The smallest absolute Gasteiger partial charge is 0.243 e. The van der Waals surface area contributed by atoms with E-state index in [1.54, 1.807) is 13.0 Å². The van der Waals surface area contributed by atoms with E-state index in [1.165, 1.54) is 10.4 Å². The quantitative estimate of drug-likeness (QED) is 0.762. The van der Waals surface area contributed by atoms with E-state index in [4.69, 9.17) is 0 Å². The molecule has 0 fully saturated rings. The highest BCUT2D eigenvalue weighted by molar-refractivity contribution is 7.89. The van der Waals surface area contributed by atoms with Gasteiger partial charge in [-0.25, -0.2) is 12.8 Å². The van der Waals surface area contributed by atoms with Crippen LogP contribution in [0.25, 0.3) is 0 Å². The lowest BCUT2D eigenvalue weighted by atomic mass is 10.2. The van der Waals surface area contributed by atoms with Gasteiger partial charge in [0.05, 0.1) is 4.90 Å². The van der Waals surface area contributed by atoms with Crippen molar-refractivity contribution in [2.24, 2.45) is 0 Å². The fourth-order valence-corrected chi connectivity index (χ4v) is 3.82. The van der Waals surface area contributed by atoms with E-state index >= 15 is 0 Å². The first-order valence-corrected chi connectivity index (χ1v) is 8.90. The van der Waals surface area contributed by atoms with Crippen LogP contribution in [0, 0.1) is 5.82 Å². The molecule has 0 aliphatic carbocycles.